The van der Waals surface area contributed by atoms with Crippen molar-refractivity contribution in [3.05, 3.63) is 39.4 Å². The lowest BCUT2D eigenvalue weighted by Crippen LogP contribution is -1.96. The van der Waals surface area contributed by atoms with Crippen LogP contribution in [0.2, 0.25) is 0 Å². The van der Waals surface area contributed by atoms with E-state index in [0.717, 1.165) is 18.2 Å². The maximum absolute atomic E-state index is 10.8. The number of benzene rings is 1. The van der Waals surface area contributed by atoms with Crippen molar-refractivity contribution < 1.29 is 19.6 Å². The van der Waals surface area contributed by atoms with Crippen molar-refractivity contribution in [1.29, 1.82) is 5.26 Å². The minimum atomic E-state index is -1.23. The van der Waals surface area contributed by atoms with Gasteiger partial charge in [0.25, 0.3) is 5.69 Å². The fourth-order valence-electron chi connectivity index (χ4n) is 1.29. The summed E-state index contributed by atoms with van der Waals surface area (Å²) in [7, 11) is 1.31. The molecule has 0 spiro atoms. The molecule has 92 valence electrons. The predicted octanol–water partition coefficient (Wildman–Crippen LogP) is 1.57. The number of nitro groups is 1. The molecule has 0 amide bonds. The first-order valence-electron chi connectivity index (χ1n) is 4.67. The summed E-state index contributed by atoms with van der Waals surface area (Å²) in [6, 6.07) is 4.05. The van der Waals surface area contributed by atoms with Crippen LogP contribution in [0, 0.1) is 21.4 Å². The van der Waals surface area contributed by atoms with Crippen LogP contribution in [0.1, 0.15) is 11.1 Å². The Labute approximate surface area is 102 Å². The Morgan fingerprint density at radius 2 is 2.28 bits per heavy atom. The molecule has 0 aliphatic heterocycles. The fourth-order valence-corrected chi connectivity index (χ4v) is 1.29. The third kappa shape index (κ3) is 2.82. The summed E-state index contributed by atoms with van der Waals surface area (Å²) in [6.45, 7) is 0. The standard InChI is InChI=1S/C11H8N2O5/c1-18-10-5-7(2-3-11(14)15)9(13(16)17)4-8(10)6-12/h2-5H,1H3,(H,14,15)/b3-2+. The molecule has 0 atom stereocenters. The van der Waals surface area contributed by atoms with Crippen LogP contribution in [-0.2, 0) is 4.79 Å². The summed E-state index contributed by atoms with van der Waals surface area (Å²) in [4.78, 5) is 20.5. The van der Waals surface area contributed by atoms with Crippen LogP contribution < -0.4 is 4.74 Å². The van der Waals surface area contributed by atoms with Crippen LogP contribution in [0.5, 0.6) is 5.75 Å². The van der Waals surface area contributed by atoms with Gasteiger partial charge in [0.2, 0.25) is 0 Å². The monoisotopic (exact) mass is 248 g/mol. The Kier molecular flexibility index (Phi) is 3.99. The Bertz CT molecular complexity index is 572. The van der Waals surface area contributed by atoms with Crippen molar-refractivity contribution in [3.63, 3.8) is 0 Å². The molecule has 18 heavy (non-hydrogen) atoms. The number of ether oxygens (including phenoxy) is 1. The molecule has 0 heterocycles. The van der Waals surface area contributed by atoms with Crippen LogP contribution in [0.15, 0.2) is 18.2 Å². The van der Waals surface area contributed by atoms with Gasteiger partial charge in [0.05, 0.1) is 17.6 Å². The zero-order valence-electron chi connectivity index (χ0n) is 9.28. The Balaban J connectivity index is 3.44. The van der Waals surface area contributed by atoms with Crippen LogP contribution in [0.4, 0.5) is 5.69 Å². The van der Waals surface area contributed by atoms with E-state index in [9.17, 15) is 14.9 Å². The average molecular weight is 248 g/mol. The summed E-state index contributed by atoms with van der Waals surface area (Å²) in [5.41, 5.74) is -0.292. The van der Waals surface area contributed by atoms with E-state index in [-0.39, 0.29) is 22.6 Å². The number of nitro benzene ring substituents is 1. The third-order valence-electron chi connectivity index (χ3n) is 2.07. The zero-order chi connectivity index (χ0) is 13.7. The second-order valence-electron chi connectivity index (χ2n) is 3.15. The smallest absolute Gasteiger partial charge is 0.328 e. The highest BCUT2D eigenvalue weighted by atomic mass is 16.6. The van der Waals surface area contributed by atoms with Gasteiger partial charge in [-0.1, -0.05) is 0 Å². The lowest BCUT2D eigenvalue weighted by Gasteiger charge is -2.04. The first kappa shape index (κ1) is 13.2. The number of methoxy groups -OCH3 is 1. The molecule has 1 rings (SSSR count). The van der Waals surface area contributed by atoms with E-state index in [1.54, 1.807) is 6.07 Å². The first-order chi connectivity index (χ1) is 8.49. The molecule has 0 radical (unpaired) electrons. The van der Waals surface area contributed by atoms with Gasteiger partial charge in [0, 0.05) is 12.1 Å². The topological polar surface area (TPSA) is 113 Å². The second-order valence-corrected chi connectivity index (χ2v) is 3.15. The quantitative estimate of drug-likeness (QED) is 0.491. The Morgan fingerprint density at radius 3 is 2.72 bits per heavy atom. The molecule has 0 aliphatic carbocycles. The fraction of sp³-hybridized carbons (Fsp3) is 0.0909. The molecule has 7 heteroatoms. The minimum absolute atomic E-state index is 0.0108. The molecule has 1 N–H and O–H groups in total. The Morgan fingerprint density at radius 1 is 1.61 bits per heavy atom. The SMILES string of the molecule is COc1cc(/C=C/C(=O)O)c([N+](=O)[O-])cc1C#N. The summed E-state index contributed by atoms with van der Waals surface area (Å²) in [6.07, 6.45) is 1.85. The number of hydrogen-bond acceptors (Lipinski definition) is 5. The van der Waals surface area contributed by atoms with Gasteiger partial charge in [0.15, 0.2) is 0 Å². The van der Waals surface area contributed by atoms with E-state index < -0.39 is 10.9 Å². The van der Waals surface area contributed by atoms with E-state index >= 15 is 0 Å². The first-order valence-corrected chi connectivity index (χ1v) is 4.67. The third-order valence-corrected chi connectivity index (χ3v) is 2.07. The van der Waals surface area contributed by atoms with Crippen molar-refractivity contribution >= 4 is 17.7 Å². The molecule has 0 aromatic heterocycles. The highest BCUT2D eigenvalue weighted by Crippen LogP contribution is 2.29. The number of hydrogen-bond donors (Lipinski definition) is 1. The van der Waals surface area contributed by atoms with Crippen molar-refractivity contribution in [2.75, 3.05) is 7.11 Å². The Hall–Kier alpha value is -2.88. The van der Waals surface area contributed by atoms with E-state index in [0.29, 0.717) is 0 Å². The number of carboxylic acid groups (broad SMARTS) is 1. The number of aliphatic carboxylic acids is 1. The van der Waals surface area contributed by atoms with E-state index in [1.165, 1.54) is 13.2 Å². The normalized spacial score (nSPS) is 10.0. The number of carboxylic acids is 1. The molecule has 0 aliphatic rings. The van der Waals surface area contributed by atoms with Gasteiger partial charge in [-0.2, -0.15) is 5.26 Å². The molecule has 0 saturated heterocycles. The van der Waals surface area contributed by atoms with Crippen molar-refractivity contribution in [2.45, 2.75) is 0 Å². The van der Waals surface area contributed by atoms with E-state index in [2.05, 4.69) is 0 Å². The maximum atomic E-state index is 10.8. The molecule has 1 aromatic rings. The molecule has 1 aromatic carbocycles. The van der Waals surface area contributed by atoms with Crippen LogP contribution in [0.25, 0.3) is 6.08 Å². The van der Waals surface area contributed by atoms with Gasteiger partial charge in [-0.05, 0) is 12.1 Å². The minimum Gasteiger partial charge on any atom is -0.495 e. The highest BCUT2D eigenvalue weighted by Gasteiger charge is 2.17. The maximum Gasteiger partial charge on any atom is 0.328 e. The van der Waals surface area contributed by atoms with Gasteiger partial charge in [0.1, 0.15) is 17.4 Å². The number of nitriles is 1. The highest BCUT2D eigenvalue weighted by molar-refractivity contribution is 5.86. The predicted molar refractivity (Wildman–Crippen MR) is 61.0 cm³/mol. The summed E-state index contributed by atoms with van der Waals surface area (Å²) in [5, 5.41) is 28.1. The van der Waals surface area contributed by atoms with Gasteiger partial charge in [-0.15, -0.1) is 0 Å². The number of nitrogens with zero attached hydrogens (tertiary/aromatic N) is 2. The van der Waals surface area contributed by atoms with Crippen LogP contribution in [-0.4, -0.2) is 23.1 Å². The summed E-state index contributed by atoms with van der Waals surface area (Å²) >= 11 is 0. The summed E-state index contributed by atoms with van der Waals surface area (Å²) in [5.74, 6) is -1.08. The van der Waals surface area contributed by atoms with Gasteiger partial charge >= 0.3 is 5.97 Å². The van der Waals surface area contributed by atoms with Crippen LogP contribution in [0.3, 0.4) is 0 Å². The van der Waals surface area contributed by atoms with Gasteiger partial charge in [-0.3, -0.25) is 10.1 Å². The van der Waals surface area contributed by atoms with E-state index in [1.807, 2.05) is 0 Å². The molecular weight excluding hydrogens is 240 g/mol. The molecule has 0 saturated carbocycles. The number of carbonyl (C=O) groups is 1. The molecule has 0 fully saturated rings. The molecular formula is C11H8N2O5. The second kappa shape index (κ2) is 5.45. The molecule has 0 unspecified atom stereocenters. The number of rotatable bonds is 4. The van der Waals surface area contributed by atoms with Crippen molar-refractivity contribution in [3.8, 4) is 11.8 Å². The molecule has 7 nitrogen and oxygen atoms in total. The summed E-state index contributed by atoms with van der Waals surface area (Å²) < 4.78 is 4.89. The lowest BCUT2D eigenvalue weighted by molar-refractivity contribution is -0.385. The molecule has 0 bridgehead atoms. The van der Waals surface area contributed by atoms with Crippen molar-refractivity contribution in [1.82, 2.24) is 0 Å². The van der Waals surface area contributed by atoms with Gasteiger partial charge < -0.3 is 9.84 Å². The zero-order valence-corrected chi connectivity index (χ0v) is 9.28. The van der Waals surface area contributed by atoms with Crippen molar-refractivity contribution in [2.24, 2.45) is 0 Å². The lowest BCUT2D eigenvalue weighted by atomic mass is 10.1. The van der Waals surface area contributed by atoms with E-state index in [4.69, 9.17) is 15.1 Å². The average Bonchev–Trinajstić information content (AvgIpc) is 2.34. The van der Waals surface area contributed by atoms with Crippen LogP contribution >= 0.6 is 0 Å². The van der Waals surface area contributed by atoms with Gasteiger partial charge in [-0.25, -0.2) is 4.79 Å². The largest absolute Gasteiger partial charge is 0.495 e.